The normalized spacial score (nSPS) is 16.5. The zero-order valence-corrected chi connectivity index (χ0v) is 17.1. The van der Waals surface area contributed by atoms with Crippen LogP contribution >= 0.6 is 11.6 Å². The van der Waals surface area contributed by atoms with Crippen LogP contribution in [-0.4, -0.2) is 34.2 Å². The van der Waals surface area contributed by atoms with Crippen LogP contribution in [0.1, 0.15) is 41.7 Å². The Bertz CT molecular complexity index is 991. The molecule has 156 valence electrons. The minimum Gasteiger partial charge on any atom is -0.425 e. The van der Waals surface area contributed by atoms with E-state index in [1.54, 1.807) is 29.2 Å². The third-order valence-electron chi connectivity index (χ3n) is 5.17. The highest BCUT2D eigenvalue weighted by Gasteiger charge is 2.28. The summed E-state index contributed by atoms with van der Waals surface area (Å²) in [6.45, 7) is 1.67. The molecular weight excluding hydrogens is 407 g/mol. The number of hydrogen-bond donors (Lipinski definition) is 1. The van der Waals surface area contributed by atoms with Gasteiger partial charge in [0.15, 0.2) is 0 Å². The zero-order chi connectivity index (χ0) is 20.9. The Hall–Kier alpha value is -2.93. The van der Waals surface area contributed by atoms with Crippen LogP contribution in [0.4, 0.5) is 9.18 Å². The molecule has 1 aliphatic heterocycles. The molecule has 4 rings (SSSR count). The van der Waals surface area contributed by atoms with Crippen molar-refractivity contribution in [3.05, 3.63) is 82.3 Å². The van der Waals surface area contributed by atoms with Crippen LogP contribution in [0.5, 0.6) is 0 Å². The van der Waals surface area contributed by atoms with Gasteiger partial charge in [-0.2, -0.15) is 0 Å². The van der Waals surface area contributed by atoms with Crippen molar-refractivity contribution in [2.45, 2.75) is 31.7 Å². The maximum atomic E-state index is 13.0. The Morgan fingerprint density at radius 3 is 2.63 bits per heavy atom. The van der Waals surface area contributed by atoms with E-state index in [9.17, 15) is 9.18 Å². The van der Waals surface area contributed by atoms with Crippen LogP contribution in [0.25, 0.3) is 0 Å². The molecular formula is C22H22ClFN4O2. The Morgan fingerprint density at radius 2 is 1.87 bits per heavy atom. The molecule has 1 aromatic heterocycles. The molecule has 0 radical (unpaired) electrons. The second kappa shape index (κ2) is 9.26. The first-order valence-electron chi connectivity index (χ1n) is 9.91. The Labute approximate surface area is 179 Å². The van der Waals surface area contributed by atoms with Crippen molar-refractivity contribution in [1.82, 2.24) is 20.4 Å². The number of nitrogens with zero attached hydrogens (tertiary/aromatic N) is 3. The van der Waals surface area contributed by atoms with Gasteiger partial charge in [-0.1, -0.05) is 35.9 Å². The van der Waals surface area contributed by atoms with Crippen molar-refractivity contribution in [1.29, 1.82) is 0 Å². The topological polar surface area (TPSA) is 71.3 Å². The van der Waals surface area contributed by atoms with Gasteiger partial charge >= 0.3 is 6.03 Å². The van der Waals surface area contributed by atoms with Gasteiger partial charge in [-0.05, 0) is 48.2 Å². The molecule has 1 fully saturated rings. The number of rotatable bonds is 5. The maximum Gasteiger partial charge on any atom is 0.317 e. The smallest absolute Gasteiger partial charge is 0.317 e. The summed E-state index contributed by atoms with van der Waals surface area (Å²) >= 11 is 5.89. The van der Waals surface area contributed by atoms with Gasteiger partial charge in [0.1, 0.15) is 5.82 Å². The number of benzene rings is 2. The quantitative estimate of drug-likeness (QED) is 0.647. The van der Waals surface area contributed by atoms with E-state index in [1.807, 2.05) is 12.1 Å². The van der Waals surface area contributed by atoms with Crippen molar-refractivity contribution in [2.24, 2.45) is 0 Å². The van der Waals surface area contributed by atoms with Crippen LogP contribution in [0, 0.1) is 5.82 Å². The highest BCUT2D eigenvalue weighted by molar-refractivity contribution is 6.30. The van der Waals surface area contributed by atoms with Crippen molar-refractivity contribution in [3.63, 3.8) is 0 Å². The number of carbonyl (C=O) groups excluding carboxylic acids is 1. The first-order chi connectivity index (χ1) is 14.6. The van der Waals surface area contributed by atoms with Crippen molar-refractivity contribution < 1.29 is 13.6 Å². The molecule has 6 nitrogen and oxygen atoms in total. The Kier molecular flexibility index (Phi) is 6.28. The van der Waals surface area contributed by atoms with E-state index in [4.69, 9.17) is 16.0 Å². The number of likely N-dealkylation sites (tertiary alicyclic amines) is 1. The predicted molar refractivity (Wildman–Crippen MR) is 111 cm³/mol. The number of nitrogens with one attached hydrogen (secondary N) is 1. The van der Waals surface area contributed by atoms with E-state index in [1.165, 1.54) is 12.1 Å². The van der Waals surface area contributed by atoms with Gasteiger partial charge in [0.25, 0.3) is 0 Å². The standard InChI is InChI=1S/C22H22ClFN4O2/c23-18-7-3-16(4-8-18)13-25-22(29)28-11-1-2-17(14-28)21-27-26-20(30-21)12-15-5-9-19(24)10-6-15/h3-10,17H,1-2,11-14H2,(H,25,29). The van der Waals surface area contributed by atoms with Gasteiger partial charge in [0, 0.05) is 24.7 Å². The second-order valence-electron chi connectivity index (χ2n) is 7.41. The summed E-state index contributed by atoms with van der Waals surface area (Å²) in [5, 5.41) is 11.9. The number of carbonyl (C=O) groups is 1. The van der Waals surface area contributed by atoms with Crippen LogP contribution in [-0.2, 0) is 13.0 Å². The number of hydrogen-bond acceptors (Lipinski definition) is 4. The SMILES string of the molecule is O=C(NCc1ccc(Cl)cc1)N1CCCC(c2nnc(Cc3ccc(F)cc3)o2)C1. The molecule has 8 heteroatoms. The van der Waals surface area contributed by atoms with E-state index in [0.717, 1.165) is 24.0 Å². The highest BCUT2D eigenvalue weighted by Crippen LogP contribution is 2.26. The fraction of sp³-hybridized carbons (Fsp3) is 0.318. The molecule has 1 aliphatic rings. The molecule has 2 heterocycles. The molecule has 0 bridgehead atoms. The molecule has 0 aliphatic carbocycles. The monoisotopic (exact) mass is 428 g/mol. The van der Waals surface area contributed by atoms with E-state index in [0.29, 0.717) is 42.9 Å². The summed E-state index contributed by atoms with van der Waals surface area (Å²) in [6, 6.07) is 13.5. The Balaban J connectivity index is 1.33. The lowest BCUT2D eigenvalue weighted by atomic mass is 9.98. The summed E-state index contributed by atoms with van der Waals surface area (Å²) in [6.07, 6.45) is 2.21. The van der Waals surface area contributed by atoms with E-state index < -0.39 is 0 Å². The van der Waals surface area contributed by atoms with E-state index in [-0.39, 0.29) is 17.8 Å². The average Bonchev–Trinajstić information content (AvgIpc) is 3.23. The lowest BCUT2D eigenvalue weighted by Crippen LogP contribution is -2.44. The van der Waals surface area contributed by atoms with Gasteiger partial charge in [0.05, 0.1) is 12.3 Å². The molecule has 30 heavy (non-hydrogen) atoms. The van der Waals surface area contributed by atoms with Gasteiger partial charge in [-0.3, -0.25) is 0 Å². The van der Waals surface area contributed by atoms with Crippen molar-refractivity contribution in [2.75, 3.05) is 13.1 Å². The van der Waals surface area contributed by atoms with Gasteiger partial charge in [-0.25, -0.2) is 9.18 Å². The summed E-state index contributed by atoms with van der Waals surface area (Å²) < 4.78 is 18.9. The average molecular weight is 429 g/mol. The summed E-state index contributed by atoms with van der Waals surface area (Å²) in [7, 11) is 0. The Morgan fingerprint density at radius 1 is 1.13 bits per heavy atom. The number of aromatic nitrogens is 2. The number of halogens is 2. The van der Waals surface area contributed by atoms with Gasteiger partial charge < -0.3 is 14.6 Å². The van der Waals surface area contributed by atoms with Crippen LogP contribution < -0.4 is 5.32 Å². The lowest BCUT2D eigenvalue weighted by molar-refractivity contribution is 0.173. The molecule has 1 saturated heterocycles. The first kappa shape index (κ1) is 20.3. The first-order valence-corrected chi connectivity index (χ1v) is 10.3. The third kappa shape index (κ3) is 5.16. The summed E-state index contributed by atoms with van der Waals surface area (Å²) in [5.41, 5.74) is 1.89. The van der Waals surface area contributed by atoms with Crippen molar-refractivity contribution >= 4 is 17.6 Å². The lowest BCUT2D eigenvalue weighted by Gasteiger charge is -2.31. The van der Waals surface area contributed by atoms with E-state index in [2.05, 4.69) is 15.5 Å². The van der Waals surface area contributed by atoms with Crippen molar-refractivity contribution in [3.8, 4) is 0 Å². The fourth-order valence-corrected chi connectivity index (χ4v) is 3.66. The highest BCUT2D eigenvalue weighted by atomic mass is 35.5. The fourth-order valence-electron chi connectivity index (χ4n) is 3.53. The van der Waals surface area contributed by atoms with Gasteiger partial charge in [0.2, 0.25) is 11.8 Å². The molecule has 2 aromatic carbocycles. The summed E-state index contributed by atoms with van der Waals surface area (Å²) in [5.74, 6) is 0.763. The summed E-state index contributed by atoms with van der Waals surface area (Å²) in [4.78, 5) is 14.4. The number of amides is 2. The zero-order valence-electron chi connectivity index (χ0n) is 16.4. The third-order valence-corrected chi connectivity index (χ3v) is 5.42. The molecule has 0 saturated carbocycles. The van der Waals surface area contributed by atoms with Crippen LogP contribution in [0.2, 0.25) is 5.02 Å². The molecule has 2 amide bonds. The van der Waals surface area contributed by atoms with E-state index >= 15 is 0 Å². The largest absolute Gasteiger partial charge is 0.425 e. The minimum atomic E-state index is -0.276. The molecule has 1 unspecified atom stereocenters. The molecule has 1 atom stereocenters. The number of piperidine rings is 1. The molecule has 1 N–H and O–H groups in total. The molecule has 3 aromatic rings. The predicted octanol–water partition coefficient (Wildman–Crippen LogP) is 4.54. The minimum absolute atomic E-state index is 0.00880. The second-order valence-corrected chi connectivity index (χ2v) is 7.84. The molecule has 0 spiro atoms. The van der Waals surface area contributed by atoms with Crippen LogP contribution in [0.15, 0.2) is 52.9 Å². The maximum absolute atomic E-state index is 13.0. The number of urea groups is 1. The van der Waals surface area contributed by atoms with Gasteiger partial charge in [-0.15, -0.1) is 10.2 Å². The van der Waals surface area contributed by atoms with Crippen LogP contribution in [0.3, 0.4) is 0 Å².